The van der Waals surface area contributed by atoms with Gasteiger partial charge in [-0.2, -0.15) is 0 Å². The van der Waals surface area contributed by atoms with E-state index < -0.39 is 28.5 Å². The first-order valence-electron chi connectivity index (χ1n) is 12.0. The molecule has 2 amide bonds. The molecule has 0 spiro atoms. The Morgan fingerprint density at radius 1 is 1.08 bits per heavy atom. The number of rotatable bonds is 14. The molecule has 0 heterocycles. The highest BCUT2D eigenvalue weighted by atomic mass is 32.2. The highest BCUT2D eigenvalue weighted by molar-refractivity contribution is 7.92. The van der Waals surface area contributed by atoms with Crippen molar-refractivity contribution in [3.05, 3.63) is 54.1 Å². The molecule has 2 rings (SSSR count). The van der Waals surface area contributed by atoms with Gasteiger partial charge in [-0.25, -0.2) is 8.42 Å². The number of carbonyl (C=O) groups is 2. The number of carbonyl (C=O) groups excluding carboxylic acids is 2. The fraction of sp³-hybridized carbons (Fsp3) is 0.462. The second-order valence-electron chi connectivity index (χ2n) is 8.36. The maximum atomic E-state index is 13.6. The molecule has 1 unspecified atom stereocenters. The van der Waals surface area contributed by atoms with Crippen LogP contribution in [0.2, 0.25) is 0 Å². The van der Waals surface area contributed by atoms with Crippen LogP contribution in [-0.4, -0.2) is 64.2 Å². The maximum absolute atomic E-state index is 13.6. The van der Waals surface area contributed by atoms with Gasteiger partial charge in [0, 0.05) is 13.1 Å². The van der Waals surface area contributed by atoms with Crippen LogP contribution in [0.5, 0.6) is 11.5 Å². The predicted octanol–water partition coefficient (Wildman–Crippen LogP) is 3.19. The molecule has 10 heteroatoms. The van der Waals surface area contributed by atoms with Gasteiger partial charge in [0.05, 0.1) is 25.7 Å². The van der Waals surface area contributed by atoms with Crippen molar-refractivity contribution >= 4 is 27.5 Å². The Bertz CT molecular complexity index is 1120. The van der Waals surface area contributed by atoms with E-state index in [1.807, 2.05) is 13.0 Å². The number of benzene rings is 2. The van der Waals surface area contributed by atoms with Gasteiger partial charge in [-0.05, 0) is 50.1 Å². The second kappa shape index (κ2) is 13.7. The van der Waals surface area contributed by atoms with Crippen molar-refractivity contribution in [3.8, 4) is 11.5 Å². The lowest BCUT2D eigenvalue weighted by atomic mass is 10.1. The van der Waals surface area contributed by atoms with Gasteiger partial charge in [0.15, 0.2) is 0 Å². The minimum absolute atomic E-state index is 0.100. The summed E-state index contributed by atoms with van der Waals surface area (Å²) in [7, 11) is -2.30. The highest BCUT2D eigenvalue weighted by Crippen LogP contribution is 2.30. The van der Waals surface area contributed by atoms with E-state index in [0.29, 0.717) is 24.7 Å². The van der Waals surface area contributed by atoms with Gasteiger partial charge in [0.25, 0.3) is 0 Å². The third-order valence-electron chi connectivity index (χ3n) is 5.60. The van der Waals surface area contributed by atoms with Gasteiger partial charge in [-0.15, -0.1) is 0 Å². The van der Waals surface area contributed by atoms with Gasteiger partial charge in [-0.3, -0.25) is 13.9 Å². The van der Waals surface area contributed by atoms with Crippen LogP contribution in [0.3, 0.4) is 0 Å². The number of sulfonamides is 1. The number of hydrogen-bond donors (Lipinski definition) is 1. The van der Waals surface area contributed by atoms with Crippen LogP contribution in [0.4, 0.5) is 5.69 Å². The molecule has 0 fully saturated rings. The molecule has 198 valence electrons. The smallest absolute Gasteiger partial charge is 0.244 e. The lowest BCUT2D eigenvalue weighted by Crippen LogP contribution is -2.51. The van der Waals surface area contributed by atoms with E-state index in [9.17, 15) is 18.0 Å². The van der Waals surface area contributed by atoms with Gasteiger partial charge < -0.3 is 19.7 Å². The normalized spacial score (nSPS) is 11.9. The van der Waals surface area contributed by atoms with Crippen LogP contribution in [-0.2, 0) is 26.2 Å². The minimum atomic E-state index is -3.85. The van der Waals surface area contributed by atoms with Crippen molar-refractivity contribution in [1.29, 1.82) is 0 Å². The Morgan fingerprint density at radius 2 is 1.81 bits per heavy atom. The SMILES string of the molecule is CCCCNC(=O)C(C)N(Cc1cccc(OC)c1)C(=O)CN(c1ccccc1OCC)S(C)(=O)=O. The Balaban J connectivity index is 2.41. The number of ether oxygens (including phenoxy) is 2. The summed E-state index contributed by atoms with van der Waals surface area (Å²) in [5.74, 6) is 0.138. The molecule has 0 bridgehead atoms. The van der Waals surface area contributed by atoms with Gasteiger partial charge in [0.1, 0.15) is 24.1 Å². The largest absolute Gasteiger partial charge is 0.497 e. The summed E-state index contributed by atoms with van der Waals surface area (Å²) in [6.07, 6.45) is 2.78. The number of nitrogens with one attached hydrogen (secondary N) is 1. The van der Waals surface area contributed by atoms with Crippen LogP contribution in [0.25, 0.3) is 0 Å². The van der Waals surface area contributed by atoms with Crippen LogP contribution in [0.1, 0.15) is 39.2 Å². The van der Waals surface area contributed by atoms with Crippen molar-refractivity contribution in [3.63, 3.8) is 0 Å². The number of amides is 2. The quantitative estimate of drug-likeness (QED) is 0.385. The molecule has 0 aliphatic heterocycles. The Labute approximate surface area is 214 Å². The summed E-state index contributed by atoms with van der Waals surface area (Å²) in [6.45, 7) is 5.90. The van der Waals surface area contributed by atoms with E-state index in [1.54, 1.807) is 63.4 Å². The molecule has 0 aliphatic carbocycles. The summed E-state index contributed by atoms with van der Waals surface area (Å²) in [4.78, 5) is 27.9. The number of hydrogen-bond acceptors (Lipinski definition) is 6. The third-order valence-corrected chi connectivity index (χ3v) is 6.72. The van der Waals surface area contributed by atoms with Crippen molar-refractivity contribution in [2.75, 3.05) is 37.4 Å². The standard InChI is InChI=1S/C26H37N3O6S/c1-6-8-16-27-26(31)20(3)28(18-21-12-11-13-22(17-21)34-4)25(30)19-29(36(5,32)33)23-14-9-10-15-24(23)35-7-2/h9-15,17,20H,6-8,16,18-19H2,1-5H3,(H,27,31). The molecule has 1 atom stereocenters. The van der Waals surface area contributed by atoms with Crippen LogP contribution in [0.15, 0.2) is 48.5 Å². The molecule has 36 heavy (non-hydrogen) atoms. The molecule has 0 saturated heterocycles. The number of methoxy groups -OCH3 is 1. The first-order chi connectivity index (χ1) is 17.1. The zero-order chi connectivity index (χ0) is 26.7. The van der Waals surface area contributed by atoms with Crippen molar-refractivity contribution in [2.45, 2.75) is 46.2 Å². The van der Waals surface area contributed by atoms with E-state index >= 15 is 0 Å². The van der Waals surface area contributed by atoms with Crippen molar-refractivity contribution < 1.29 is 27.5 Å². The Morgan fingerprint density at radius 3 is 2.44 bits per heavy atom. The molecule has 0 aliphatic rings. The molecule has 0 aromatic heterocycles. The topological polar surface area (TPSA) is 105 Å². The molecule has 9 nitrogen and oxygen atoms in total. The predicted molar refractivity (Wildman–Crippen MR) is 141 cm³/mol. The average Bonchev–Trinajstić information content (AvgIpc) is 2.85. The monoisotopic (exact) mass is 519 g/mol. The first-order valence-corrected chi connectivity index (χ1v) is 13.9. The number of unbranched alkanes of at least 4 members (excludes halogenated alkanes) is 1. The Kier molecular flexibility index (Phi) is 11.0. The lowest BCUT2D eigenvalue weighted by Gasteiger charge is -2.32. The maximum Gasteiger partial charge on any atom is 0.244 e. The van der Waals surface area contributed by atoms with E-state index in [2.05, 4.69) is 5.32 Å². The number of para-hydroxylation sites is 2. The molecular formula is C26H37N3O6S. The summed E-state index contributed by atoms with van der Waals surface area (Å²) in [6, 6.07) is 13.0. The van der Waals surface area contributed by atoms with Gasteiger partial charge in [-0.1, -0.05) is 37.6 Å². The van der Waals surface area contributed by atoms with E-state index in [4.69, 9.17) is 9.47 Å². The average molecular weight is 520 g/mol. The second-order valence-corrected chi connectivity index (χ2v) is 10.3. The molecule has 0 saturated carbocycles. The highest BCUT2D eigenvalue weighted by Gasteiger charge is 2.31. The molecule has 2 aromatic carbocycles. The fourth-order valence-electron chi connectivity index (χ4n) is 3.62. The molecular weight excluding hydrogens is 482 g/mol. The van der Waals surface area contributed by atoms with Crippen LogP contribution in [0, 0.1) is 0 Å². The molecule has 1 N–H and O–H groups in total. The van der Waals surface area contributed by atoms with Crippen molar-refractivity contribution in [2.24, 2.45) is 0 Å². The summed E-state index contributed by atoms with van der Waals surface area (Å²) < 4.78 is 37.5. The first kappa shape index (κ1) is 29.0. The lowest BCUT2D eigenvalue weighted by molar-refractivity contribution is -0.139. The zero-order valence-corrected chi connectivity index (χ0v) is 22.5. The van der Waals surface area contributed by atoms with Crippen molar-refractivity contribution in [1.82, 2.24) is 10.2 Å². The van der Waals surface area contributed by atoms with Gasteiger partial charge in [0.2, 0.25) is 21.8 Å². The molecule has 2 aromatic rings. The van der Waals surface area contributed by atoms with E-state index in [1.165, 1.54) is 4.90 Å². The third kappa shape index (κ3) is 8.15. The fourth-order valence-corrected chi connectivity index (χ4v) is 4.47. The van der Waals surface area contributed by atoms with Crippen LogP contribution < -0.4 is 19.1 Å². The van der Waals surface area contributed by atoms with E-state index in [-0.39, 0.29) is 18.1 Å². The minimum Gasteiger partial charge on any atom is -0.497 e. The zero-order valence-electron chi connectivity index (χ0n) is 21.7. The van der Waals surface area contributed by atoms with Gasteiger partial charge >= 0.3 is 0 Å². The number of nitrogens with zero attached hydrogens (tertiary/aromatic N) is 2. The summed E-state index contributed by atoms with van der Waals surface area (Å²) >= 11 is 0. The summed E-state index contributed by atoms with van der Waals surface area (Å²) in [5, 5.41) is 2.86. The molecule has 0 radical (unpaired) electrons. The Hall–Kier alpha value is -3.27. The van der Waals surface area contributed by atoms with E-state index in [0.717, 1.165) is 29.0 Å². The van der Waals surface area contributed by atoms with Crippen LogP contribution >= 0.6 is 0 Å². The number of anilines is 1. The summed E-state index contributed by atoms with van der Waals surface area (Å²) in [5.41, 5.74) is 1.01.